The molecule has 65 heavy (non-hydrogen) atoms. The van der Waals surface area contributed by atoms with E-state index < -0.39 is 96.4 Å². The molecular weight excluding hydrogens is 845 g/mol. The van der Waals surface area contributed by atoms with Gasteiger partial charge in [0.1, 0.15) is 37.6 Å². The van der Waals surface area contributed by atoms with Gasteiger partial charge in [-0.3, -0.25) is 50.6 Å². The highest BCUT2D eigenvalue weighted by atomic mass is 16.3. The molecule has 0 aromatic carbocycles. The van der Waals surface area contributed by atoms with Crippen molar-refractivity contribution in [2.24, 2.45) is 23.5 Å². The van der Waals surface area contributed by atoms with Crippen LogP contribution in [-0.2, 0) is 47.9 Å². The van der Waals surface area contributed by atoms with E-state index in [0.29, 0.717) is 57.2 Å². The smallest absolute Gasteiger partial charge is 0.262 e. The van der Waals surface area contributed by atoms with Gasteiger partial charge in [0.2, 0.25) is 5.91 Å². The van der Waals surface area contributed by atoms with E-state index in [1.54, 1.807) is 6.92 Å². The second kappa shape index (κ2) is 27.9. The van der Waals surface area contributed by atoms with Crippen LogP contribution in [0.1, 0.15) is 101 Å². The second-order valence-electron chi connectivity index (χ2n) is 18.4. The minimum absolute atomic E-state index is 0.0118. The van der Waals surface area contributed by atoms with Crippen molar-refractivity contribution in [1.29, 1.82) is 0 Å². The third kappa shape index (κ3) is 16.8. The number of ketones is 1. The molecule has 2 aliphatic rings. The number of unbranched alkanes of at least 4 members (excludes halogenated alkanes) is 1. The van der Waals surface area contributed by atoms with E-state index >= 15 is 4.79 Å². The van der Waals surface area contributed by atoms with Crippen molar-refractivity contribution in [2.75, 3.05) is 32.7 Å². The molecule has 21 nitrogen and oxygen atoms in total. The molecule has 0 aromatic rings. The Morgan fingerprint density at radius 2 is 1.06 bits per heavy atom. The zero-order chi connectivity index (χ0) is 49.1. The summed E-state index contributed by atoms with van der Waals surface area (Å²) in [6, 6.07) is -5.76. The maximum atomic E-state index is 15.3. The summed E-state index contributed by atoms with van der Waals surface area (Å²) in [7, 11) is 0. The molecule has 2 aliphatic heterocycles. The van der Waals surface area contributed by atoms with Crippen LogP contribution in [0.4, 0.5) is 0 Å². The SMILES string of the molecule is CC(=O)[C@H](N[C@H](C=O)[C@@H](C)O)N1CCN(C(=O)[C@H](N[C@H](C=O)CC(C)C)N2CCN(C(=O)[C@@H](C)N[C@H](C=O)CC(C)C)[C@@H](N[C@H](C=O)CC(C)C)C2=O)[C@@H](N[C@H](C=O)CCCCN)C1=O. The summed E-state index contributed by atoms with van der Waals surface area (Å²) in [5, 5.41) is 25.0. The lowest BCUT2D eigenvalue weighted by Crippen LogP contribution is -2.75. The first-order valence-electron chi connectivity index (χ1n) is 22.9. The zero-order valence-corrected chi connectivity index (χ0v) is 39.6. The van der Waals surface area contributed by atoms with Gasteiger partial charge in [0.25, 0.3) is 17.7 Å². The van der Waals surface area contributed by atoms with Gasteiger partial charge in [0, 0.05) is 26.2 Å². The molecule has 2 heterocycles. The van der Waals surface area contributed by atoms with E-state index in [1.165, 1.54) is 18.7 Å². The Morgan fingerprint density at radius 1 is 0.615 bits per heavy atom. The maximum Gasteiger partial charge on any atom is 0.262 e. The van der Waals surface area contributed by atoms with Crippen LogP contribution in [0.25, 0.3) is 0 Å². The Kier molecular flexibility index (Phi) is 24.4. The van der Waals surface area contributed by atoms with Crippen LogP contribution in [0.5, 0.6) is 0 Å². The van der Waals surface area contributed by atoms with Crippen LogP contribution in [0.15, 0.2) is 0 Å². The number of carbonyl (C=O) groups excluding carboxylic acids is 10. The Morgan fingerprint density at radius 3 is 1.49 bits per heavy atom. The van der Waals surface area contributed by atoms with Gasteiger partial charge < -0.3 is 54.4 Å². The first-order valence-corrected chi connectivity index (χ1v) is 22.9. The third-order valence-corrected chi connectivity index (χ3v) is 11.4. The fraction of sp³-hybridized carbons (Fsp3) is 0.773. The summed E-state index contributed by atoms with van der Waals surface area (Å²) in [4.78, 5) is 138. The third-order valence-electron chi connectivity index (χ3n) is 11.4. The highest BCUT2D eigenvalue weighted by Gasteiger charge is 2.49. The average Bonchev–Trinajstić information content (AvgIpc) is 3.24. The zero-order valence-electron chi connectivity index (χ0n) is 39.6. The molecule has 4 amide bonds. The molecule has 21 heteroatoms. The molecule has 11 atom stereocenters. The molecule has 368 valence electrons. The van der Waals surface area contributed by atoms with Crippen LogP contribution >= 0.6 is 0 Å². The van der Waals surface area contributed by atoms with Gasteiger partial charge in [-0.2, -0.15) is 0 Å². The number of aliphatic hydroxyl groups excluding tert-OH is 1. The molecule has 2 saturated heterocycles. The van der Waals surface area contributed by atoms with E-state index in [0.717, 1.165) is 14.7 Å². The van der Waals surface area contributed by atoms with Crippen LogP contribution in [0.3, 0.4) is 0 Å². The van der Waals surface area contributed by atoms with Crippen molar-refractivity contribution in [3.05, 3.63) is 0 Å². The summed E-state index contributed by atoms with van der Waals surface area (Å²) in [5.74, 6) is -3.60. The quantitative estimate of drug-likeness (QED) is 0.0294. The molecule has 0 aromatic heterocycles. The first-order chi connectivity index (χ1) is 30.7. The van der Waals surface area contributed by atoms with E-state index in [9.17, 15) is 48.3 Å². The molecule has 0 saturated carbocycles. The lowest BCUT2D eigenvalue weighted by Gasteiger charge is -2.48. The van der Waals surface area contributed by atoms with Crippen molar-refractivity contribution >= 4 is 60.8 Å². The highest BCUT2D eigenvalue weighted by molar-refractivity contribution is 5.97. The summed E-state index contributed by atoms with van der Waals surface area (Å²) in [6.07, 6.45) is -2.31. The summed E-state index contributed by atoms with van der Waals surface area (Å²) in [5.41, 5.74) is 5.69. The predicted octanol–water partition coefficient (Wildman–Crippen LogP) is -1.96. The fourth-order valence-corrected chi connectivity index (χ4v) is 8.11. The monoisotopic (exact) mass is 921 g/mol. The Bertz CT molecular complexity index is 1620. The Balaban J connectivity index is 2.78. The number of Topliss-reactive ketones (excluding diaryl/α,β-unsaturated/α-hetero) is 1. The van der Waals surface area contributed by atoms with E-state index in [-0.39, 0.29) is 63.2 Å². The first kappa shape index (κ1) is 56.7. The summed E-state index contributed by atoms with van der Waals surface area (Å²) >= 11 is 0. The van der Waals surface area contributed by atoms with Crippen molar-refractivity contribution in [3.63, 3.8) is 0 Å². The molecule has 0 aliphatic carbocycles. The number of rotatable bonds is 31. The van der Waals surface area contributed by atoms with E-state index in [4.69, 9.17) is 5.73 Å². The lowest BCUT2D eigenvalue weighted by atomic mass is 10.0. The van der Waals surface area contributed by atoms with E-state index in [1.807, 2.05) is 41.5 Å². The number of aliphatic hydroxyl groups is 1. The minimum Gasteiger partial charge on any atom is -0.391 e. The number of amides is 4. The van der Waals surface area contributed by atoms with Crippen molar-refractivity contribution in [1.82, 2.24) is 46.2 Å². The number of piperazine rings is 2. The molecule has 8 N–H and O–H groups in total. The van der Waals surface area contributed by atoms with Crippen molar-refractivity contribution in [3.8, 4) is 0 Å². The summed E-state index contributed by atoms with van der Waals surface area (Å²) in [6.45, 7) is 14.8. The topological polar surface area (TPSA) is 290 Å². The lowest BCUT2D eigenvalue weighted by molar-refractivity contribution is -0.168. The number of hydrogen-bond acceptors (Lipinski definition) is 17. The number of carbonyl (C=O) groups is 10. The van der Waals surface area contributed by atoms with Crippen LogP contribution in [0, 0.1) is 17.8 Å². The standard InChI is InChI=1S/C44H76N10O11/c1-26(2)18-33(22-56)46-29(7)41(62)52-15-17-54(43(64)39(52)48-34(23-57)19-27(3)4)40(49-35(24-58)20-28(5)6)44(65)53-16-14-51(37(31(9)61)50-36(25-59)30(8)60)42(63)38(53)47-32(21-55)12-10-11-13-45/h21-30,32-40,46-50,60H,10-20,45H2,1-9H3/t29-,30-,32+,33+,34+,35+,36-,37-,38-,39-,40-/m1/s1. The van der Waals surface area contributed by atoms with Gasteiger partial charge in [-0.15, -0.1) is 0 Å². The van der Waals surface area contributed by atoms with Gasteiger partial charge in [-0.1, -0.05) is 48.0 Å². The molecule has 0 spiro atoms. The largest absolute Gasteiger partial charge is 0.391 e. The van der Waals surface area contributed by atoms with Crippen LogP contribution in [-0.4, -0.2) is 185 Å². The van der Waals surface area contributed by atoms with Gasteiger partial charge in [0.15, 0.2) is 24.3 Å². The fourth-order valence-electron chi connectivity index (χ4n) is 8.11. The van der Waals surface area contributed by atoms with Crippen molar-refractivity contribution < 1.29 is 53.1 Å². The highest BCUT2D eigenvalue weighted by Crippen LogP contribution is 2.22. The van der Waals surface area contributed by atoms with Gasteiger partial charge in [0.05, 0.1) is 42.4 Å². The number of aldehydes is 5. The molecule has 2 rings (SSSR count). The normalized spacial score (nSPS) is 21.3. The predicted molar refractivity (Wildman–Crippen MR) is 240 cm³/mol. The molecule has 0 bridgehead atoms. The van der Waals surface area contributed by atoms with E-state index in [2.05, 4.69) is 26.6 Å². The van der Waals surface area contributed by atoms with Crippen molar-refractivity contribution in [2.45, 2.75) is 168 Å². The summed E-state index contributed by atoms with van der Waals surface area (Å²) < 4.78 is 0. The Labute approximate surface area is 383 Å². The minimum atomic E-state index is -1.65. The van der Waals surface area contributed by atoms with Gasteiger partial charge in [-0.05, 0) is 77.2 Å². The number of nitrogens with one attached hydrogen (secondary N) is 5. The number of nitrogens with two attached hydrogens (primary N) is 1. The van der Waals surface area contributed by atoms with Crippen LogP contribution < -0.4 is 32.3 Å². The Hall–Kier alpha value is -4.38. The van der Waals surface area contributed by atoms with Gasteiger partial charge >= 0.3 is 0 Å². The second-order valence-corrected chi connectivity index (χ2v) is 18.4. The average molecular weight is 921 g/mol. The number of hydrogen-bond donors (Lipinski definition) is 7. The van der Waals surface area contributed by atoms with Crippen LogP contribution in [0.2, 0.25) is 0 Å². The molecule has 0 unspecified atom stereocenters. The molecule has 2 fully saturated rings. The van der Waals surface area contributed by atoms with Gasteiger partial charge in [-0.25, -0.2) is 0 Å². The number of nitrogens with zero attached hydrogens (tertiary/aromatic N) is 4. The maximum absolute atomic E-state index is 15.3. The molecule has 0 radical (unpaired) electrons. The molecular formula is C44H76N10O11.